The van der Waals surface area contributed by atoms with Crippen LogP contribution in [0.3, 0.4) is 0 Å². The summed E-state index contributed by atoms with van der Waals surface area (Å²) in [5.41, 5.74) is 0. The number of hydrogen-bond donors (Lipinski definition) is 2. The van der Waals surface area contributed by atoms with E-state index in [2.05, 4.69) is 5.32 Å². The Balaban J connectivity index is 2.42. The zero-order valence-electron chi connectivity index (χ0n) is 7.42. The largest absolute Gasteiger partial charge is 0.396 e. The molecule has 0 saturated carbocycles. The summed E-state index contributed by atoms with van der Waals surface area (Å²) >= 11 is 0. The Labute approximate surface area is 72.6 Å². The van der Waals surface area contributed by atoms with Crippen molar-refractivity contribution >= 4 is 6.03 Å². The Bertz CT molecular complexity index is 161. The molecule has 0 aromatic heterocycles. The molecule has 4 heteroatoms. The molecule has 1 heterocycles. The molecule has 4 nitrogen and oxygen atoms in total. The summed E-state index contributed by atoms with van der Waals surface area (Å²) in [6.45, 7) is 3.69. The highest BCUT2D eigenvalue weighted by molar-refractivity contribution is 5.75. The molecule has 0 radical (unpaired) electrons. The lowest BCUT2D eigenvalue weighted by Crippen LogP contribution is -2.50. The maximum absolute atomic E-state index is 11.2. The number of amides is 2. The van der Waals surface area contributed by atoms with Gasteiger partial charge in [-0.1, -0.05) is 0 Å². The molecule has 2 N–H and O–H groups in total. The van der Waals surface area contributed by atoms with Gasteiger partial charge in [0.1, 0.15) is 0 Å². The summed E-state index contributed by atoms with van der Waals surface area (Å²) in [7, 11) is 0. The molecule has 70 valence electrons. The highest BCUT2D eigenvalue weighted by Gasteiger charge is 2.21. The van der Waals surface area contributed by atoms with Gasteiger partial charge in [-0.25, -0.2) is 4.79 Å². The lowest BCUT2D eigenvalue weighted by molar-refractivity contribution is 0.151. The van der Waals surface area contributed by atoms with E-state index in [4.69, 9.17) is 5.11 Å². The molecule has 1 saturated heterocycles. The molecule has 12 heavy (non-hydrogen) atoms. The second-order valence-electron chi connectivity index (χ2n) is 3.14. The quantitative estimate of drug-likeness (QED) is 0.637. The van der Waals surface area contributed by atoms with Gasteiger partial charge >= 0.3 is 6.03 Å². The Morgan fingerprint density at radius 1 is 1.75 bits per heavy atom. The summed E-state index contributed by atoms with van der Waals surface area (Å²) in [5, 5.41) is 11.5. The number of aliphatic hydroxyl groups is 1. The lowest BCUT2D eigenvalue weighted by Gasteiger charge is -2.32. The molecule has 0 aromatic rings. The summed E-state index contributed by atoms with van der Waals surface area (Å²) in [5.74, 6) is 0. The van der Waals surface area contributed by atoms with Gasteiger partial charge in [0.15, 0.2) is 0 Å². The molecule has 1 aliphatic rings. The van der Waals surface area contributed by atoms with Crippen LogP contribution in [-0.4, -0.2) is 41.8 Å². The minimum Gasteiger partial charge on any atom is -0.396 e. The van der Waals surface area contributed by atoms with Crippen molar-refractivity contribution in [3.8, 4) is 0 Å². The third-order valence-corrected chi connectivity index (χ3v) is 2.19. The molecule has 1 atom stereocenters. The number of aliphatic hydroxyl groups excluding tert-OH is 1. The molecule has 2 amide bonds. The van der Waals surface area contributed by atoms with E-state index in [9.17, 15) is 4.79 Å². The minimum absolute atomic E-state index is 0.00204. The summed E-state index contributed by atoms with van der Waals surface area (Å²) in [6, 6.07) is 0.150. The number of nitrogens with one attached hydrogen (secondary N) is 1. The van der Waals surface area contributed by atoms with E-state index < -0.39 is 0 Å². The monoisotopic (exact) mass is 172 g/mol. The third-order valence-electron chi connectivity index (χ3n) is 2.19. The van der Waals surface area contributed by atoms with Gasteiger partial charge in [-0.05, 0) is 19.8 Å². The SMILES string of the molecule is CC(CCO)N1CCCNC1=O. The molecule has 1 unspecified atom stereocenters. The van der Waals surface area contributed by atoms with E-state index in [1.165, 1.54) is 0 Å². The van der Waals surface area contributed by atoms with Crippen LogP contribution in [0.4, 0.5) is 4.79 Å². The molecule has 1 rings (SSSR count). The third kappa shape index (κ3) is 2.11. The van der Waals surface area contributed by atoms with Crippen LogP contribution in [-0.2, 0) is 0 Å². The maximum Gasteiger partial charge on any atom is 0.317 e. The van der Waals surface area contributed by atoms with E-state index in [1.807, 2.05) is 6.92 Å². The number of nitrogens with zero attached hydrogens (tertiary/aromatic N) is 1. The van der Waals surface area contributed by atoms with Gasteiger partial charge in [-0.2, -0.15) is 0 Å². The molecular weight excluding hydrogens is 156 g/mol. The first-order valence-corrected chi connectivity index (χ1v) is 4.41. The fourth-order valence-corrected chi connectivity index (χ4v) is 1.41. The standard InChI is InChI=1S/C8H16N2O2/c1-7(3-6-11)10-5-2-4-9-8(10)12/h7,11H,2-6H2,1H3,(H,9,12). The number of carbonyl (C=O) groups excluding carboxylic acids is 1. The van der Waals surface area contributed by atoms with Crippen molar-refractivity contribution in [2.45, 2.75) is 25.8 Å². The summed E-state index contributed by atoms with van der Waals surface area (Å²) < 4.78 is 0. The summed E-state index contributed by atoms with van der Waals surface area (Å²) in [4.78, 5) is 13.0. The van der Waals surface area contributed by atoms with Crippen LogP contribution in [0.2, 0.25) is 0 Å². The number of carbonyl (C=O) groups is 1. The van der Waals surface area contributed by atoms with Crippen LogP contribution in [0.15, 0.2) is 0 Å². The molecule has 0 aromatic carbocycles. The maximum atomic E-state index is 11.2. The summed E-state index contributed by atoms with van der Waals surface area (Å²) in [6.07, 6.45) is 1.66. The fraction of sp³-hybridized carbons (Fsp3) is 0.875. The predicted octanol–water partition coefficient (Wildman–Crippen LogP) is 0.173. The second-order valence-corrected chi connectivity index (χ2v) is 3.14. The average Bonchev–Trinajstić information content (AvgIpc) is 2.05. The van der Waals surface area contributed by atoms with Gasteiger partial charge < -0.3 is 15.3 Å². The van der Waals surface area contributed by atoms with Gasteiger partial charge in [-0.15, -0.1) is 0 Å². The van der Waals surface area contributed by atoms with E-state index in [-0.39, 0.29) is 18.7 Å². The Morgan fingerprint density at radius 2 is 2.50 bits per heavy atom. The van der Waals surface area contributed by atoms with Crippen molar-refractivity contribution in [2.75, 3.05) is 19.7 Å². The Hall–Kier alpha value is -0.770. The van der Waals surface area contributed by atoms with Crippen molar-refractivity contribution in [3.05, 3.63) is 0 Å². The van der Waals surface area contributed by atoms with E-state index in [0.29, 0.717) is 6.42 Å². The van der Waals surface area contributed by atoms with Crippen LogP contribution in [0.5, 0.6) is 0 Å². The first-order valence-electron chi connectivity index (χ1n) is 4.41. The smallest absolute Gasteiger partial charge is 0.317 e. The number of rotatable bonds is 3. The first kappa shape index (κ1) is 9.32. The van der Waals surface area contributed by atoms with Crippen LogP contribution < -0.4 is 5.32 Å². The van der Waals surface area contributed by atoms with Gasteiger partial charge in [0.2, 0.25) is 0 Å². The molecule has 1 aliphatic heterocycles. The van der Waals surface area contributed by atoms with Crippen molar-refractivity contribution in [2.24, 2.45) is 0 Å². The van der Waals surface area contributed by atoms with Gasteiger partial charge in [0.25, 0.3) is 0 Å². The van der Waals surface area contributed by atoms with Crippen molar-refractivity contribution in [1.29, 1.82) is 0 Å². The molecule has 0 spiro atoms. The van der Waals surface area contributed by atoms with Crippen LogP contribution in [0.1, 0.15) is 19.8 Å². The normalized spacial score (nSPS) is 20.5. The minimum atomic E-state index is 0.00204. The topological polar surface area (TPSA) is 52.6 Å². The van der Waals surface area contributed by atoms with E-state index >= 15 is 0 Å². The van der Waals surface area contributed by atoms with E-state index in [0.717, 1.165) is 19.5 Å². The predicted molar refractivity (Wildman–Crippen MR) is 45.9 cm³/mol. The zero-order chi connectivity index (χ0) is 8.97. The molecular formula is C8H16N2O2. The van der Waals surface area contributed by atoms with Crippen LogP contribution in [0.25, 0.3) is 0 Å². The van der Waals surface area contributed by atoms with Crippen LogP contribution >= 0.6 is 0 Å². The van der Waals surface area contributed by atoms with E-state index in [1.54, 1.807) is 4.90 Å². The second kappa shape index (κ2) is 4.30. The lowest BCUT2D eigenvalue weighted by atomic mass is 10.2. The average molecular weight is 172 g/mol. The highest BCUT2D eigenvalue weighted by Crippen LogP contribution is 2.07. The Morgan fingerprint density at radius 3 is 3.08 bits per heavy atom. The Kier molecular flexibility index (Phi) is 3.34. The molecule has 0 aliphatic carbocycles. The molecule has 0 bridgehead atoms. The van der Waals surface area contributed by atoms with Gasteiger partial charge in [0, 0.05) is 25.7 Å². The van der Waals surface area contributed by atoms with Crippen molar-refractivity contribution < 1.29 is 9.90 Å². The first-order chi connectivity index (χ1) is 5.75. The number of hydrogen-bond acceptors (Lipinski definition) is 2. The van der Waals surface area contributed by atoms with Crippen molar-refractivity contribution in [3.63, 3.8) is 0 Å². The highest BCUT2D eigenvalue weighted by atomic mass is 16.3. The van der Waals surface area contributed by atoms with Gasteiger partial charge in [0.05, 0.1) is 0 Å². The molecule has 1 fully saturated rings. The zero-order valence-corrected chi connectivity index (χ0v) is 7.42. The van der Waals surface area contributed by atoms with Crippen molar-refractivity contribution in [1.82, 2.24) is 10.2 Å². The van der Waals surface area contributed by atoms with Crippen LogP contribution in [0, 0.1) is 0 Å². The fourth-order valence-electron chi connectivity index (χ4n) is 1.41. The number of urea groups is 1. The van der Waals surface area contributed by atoms with Gasteiger partial charge in [-0.3, -0.25) is 0 Å².